The smallest absolute Gasteiger partial charge is 0.222 e. The van der Waals surface area contributed by atoms with Crippen LogP contribution >= 0.6 is 12.4 Å². The van der Waals surface area contributed by atoms with E-state index in [2.05, 4.69) is 0 Å². The number of benzene rings is 1. The van der Waals surface area contributed by atoms with Crippen molar-refractivity contribution < 1.29 is 9.53 Å². The number of hydrogen-bond donors (Lipinski definition) is 1. The number of amides is 1. The van der Waals surface area contributed by atoms with Gasteiger partial charge >= 0.3 is 0 Å². The number of carbonyl (C=O) groups excluding carboxylic acids is 1. The number of carbonyl (C=O) groups is 1. The first-order chi connectivity index (χ1) is 9.08. The van der Waals surface area contributed by atoms with E-state index in [1.54, 1.807) is 12.0 Å². The van der Waals surface area contributed by atoms with Gasteiger partial charge in [-0.05, 0) is 37.5 Å². The number of likely N-dealkylation sites (N-methyl/N-ethyl adjacent to an activating group) is 1. The Kier molecular flexibility index (Phi) is 9.01. The third kappa shape index (κ3) is 5.80. The molecular weight excluding hydrogens is 276 g/mol. The molecule has 0 saturated heterocycles. The standard InChI is InChI=1S/C15H24N2O2.ClH/c1-12(11-16)17(2)15(18)6-4-5-13-7-9-14(19-3)10-8-13;/h7-10,12H,4-6,11,16H2,1-3H3;1H. The molecule has 0 bridgehead atoms. The topological polar surface area (TPSA) is 55.6 Å². The maximum absolute atomic E-state index is 11.9. The highest BCUT2D eigenvalue weighted by molar-refractivity contribution is 5.85. The van der Waals surface area contributed by atoms with Crippen LogP contribution in [-0.2, 0) is 11.2 Å². The molecule has 20 heavy (non-hydrogen) atoms. The fraction of sp³-hybridized carbons (Fsp3) is 0.533. The Balaban J connectivity index is 0.00000361. The summed E-state index contributed by atoms with van der Waals surface area (Å²) in [7, 11) is 3.47. The molecule has 1 rings (SSSR count). The average molecular weight is 301 g/mol. The van der Waals surface area contributed by atoms with Crippen molar-refractivity contribution >= 4 is 18.3 Å². The van der Waals surface area contributed by atoms with E-state index in [4.69, 9.17) is 10.5 Å². The number of aryl methyl sites for hydroxylation is 1. The molecule has 0 radical (unpaired) electrons. The van der Waals surface area contributed by atoms with E-state index in [1.165, 1.54) is 5.56 Å². The van der Waals surface area contributed by atoms with Crippen LogP contribution in [0.1, 0.15) is 25.3 Å². The summed E-state index contributed by atoms with van der Waals surface area (Å²) in [5.41, 5.74) is 6.78. The number of methoxy groups -OCH3 is 1. The van der Waals surface area contributed by atoms with Gasteiger partial charge in [0.25, 0.3) is 0 Å². The van der Waals surface area contributed by atoms with Crippen molar-refractivity contribution in [2.45, 2.75) is 32.2 Å². The van der Waals surface area contributed by atoms with Gasteiger partial charge in [-0.25, -0.2) is 0 Å². The lowest BCUT2D eigenvalue weighted by molar-refractivity contribution is -0.131. The molecule has 4 nitrogen and oxygen atoms in total. The van der Waals surface area contributed by atoms with E-state index in [-0.39, 0.29) is 24.4 Å². The van der Waals surface area contributed by atoms with Crippen molar-refractivity contribution in [3.63, 3.8) is 0 Å². The van der Waals surface area contributed by atoms with Gasteiger partial charge in [-0.2, -0.15) is 0 Å². The highest BCUT2D eigenvalue weighted by Crippen LogP contribution is 2.13. The van der Waals surface area contributed by atoms with Gasteiger partial charge in [0.05, 0.1) is 7.11 Å². The maximum atomic E-state index is 11.9. The predicted octanol–water partition coefficient (Wildman–Crippen LogP) is 2.25. The van der Waals surface area contributed by atoms with Crippen molar-refractivity contribution in [3.05, 3.63) is 29.8 Å². The Hall–Kier alpha value is -1.26. The number of nitrogens with two attached hydrogens (primary N) is 1. The third-order valence-electron chi connectivity index (χ3n) is 3.41. The molecule has 0 aliphatic heterocycles. The first-order valence-electron chi connectivity index (χ1n) is 6.67. The Bertz CT molecular complexity index is 395. The zero-order chi connectivity index (χ0) is 14.3. The largest absolute Gasteiger partial charge is 0.497 e. The molecule has 1 atom stereocenters. The summed E-state index contributed by atoms with van der Waals surface area (Å²) in [5, 5.41) is 0. The second kappa shape index (κ2) is 9.61. The van der Waals surface area contributed by atoms with Gasteiger partial charge in [0.1, 0.15) is 5.75 Å². The minimum absolute atomic E-state index is 0. The highest BCUT2D eigenvalue weighted by Gasteiger charge is 2.13. The Labute approximate surface area is 127 Å². The van der Waals surface area contributed by atoms with Crippen molar-refractivity contribution in [1.82, 2.24) is 4.90 Å². The maximum Gasteiger partial charge on any atom is 0.222 e. The molecule has 114 valence electrons. The molecule has 0 saturated carbocycles. The van der Waals surface area contributed by atoms with Crippen LogP contribution in [0.4, 0.5) is 0 Å². The minimum Gasteiger partial charge on any atom is -0.497 e. The molecule has 0 aliphatic carbocycles. The van der Waals surface area contributed by atoms with E-state index >= 15 is 0 Å². The lowest BCUT2D eigenvalue weighted by atomic mass is 10.1. The second-order valence-electron chi connectivity index (χ2n) is 4.79. The van der Waals surface area contributed by atoms with Gasteiger partial charge in [0.2, 0.25) is 5.91 Å². The minimum atomic E-state index is 0. The van der Waals surface area contributed by atoms with Crippen LogP contribution < -0.4 is 10.5 Å². The van der Waals surface area contributed by atoms with Crippen LogP contribution in [0.2, 0.25) is 0 Å². The second-order valence-corrected chi connectivity index (χ2v) is 4.79. The number of rotatable bonds is 7. The molecule has 1 aromatic carbocycles. The molecular formula is C15H25ClN2O2. The van der Waals surface area contributed by atoms with Gasteiger partial charge in [-0.1, -0.05) is 12.1 Å². The van der Waals surface area contributed by atoms with Crippen LogP contribution in [0.5, 0.6) is 5.75 Å². The Morgan fingerprint density at radius 1 is 1.35 bits per heavy atom. The molecule has 0 fully saturated rings. The lowest BCUT2D eigenvalue weighted by Gasteiger charge is -2.23. The van der Waals surface area contributed by atoms with Gasteiger partial charge in [-0.15, -0.1) is 12.4 Å². The van der Waals surface area contributed by atoms with Gasteiger partial charge < -0.3 is 15.4 Å². The normalized spacial score (nSPS) is 11.4. The fourth-order valence-corrected chi connectivity index (χ4v) is 1.82. The number of nitrogens with zero attached hydrogens (tertiary/aromatic N) is 1. The molecule has 1 unspecified atom stereocenters. The quantitative estimate of drug-likeness (QED) is 0.840. The molecule has 1 aromatic rings. The zero-order valence-electron chi connectivity index (χ0n) is 12.5. The monoisotopic (exact) mass is 300 g/mol. The summed E-state index contributed by atoms with van der Waals surface area (Å²) in [4.78, 5) is 13.6. The molecule has 0 aliphatic rings. The number of halogens is 1. The summed E-state index contributed by atoms with van der Waals surface area (Å²) in [6.07, 6.45) is 2.32. The summed E-state index contributed by atoms with van der Waals surface area (Å²) in [5.74, 6) is 1.02. The summed E-state index contributed by atoms with van der Waals surface area (Å²) >= 11 is 0. The Morgan fingerprint density at radius 3 is 2.45 bits per heavy atom. The van der Waals surface area contributed by atoms with E-state index in [0.29, 0.717) is 13.0 Å². The molecule has 0 aromatic heterocycles. The SMILES string of the molecule is COc1ccc(CCCC(=O)N(C)C(C)CN)cc1.Cl. The van der Waals surface area contributed by atoms with E-state index in [9.17, 15) is 4.79 Å². The average Bonchev–Trinajstić information content (AvgIpc) is 2.46. The first kappa shape index (κ1) is 18.7. The first-order valence-corrected chi connectivity index (χ1v) is 6.67. The van der Waals surface area contributed by atoms with Crippen molar-refractivity contribution in [1.29, 1.82) is 0 Å². The third-order valence-corrected chi connectivity index (χ3v) is 3.41. The molecule has 1 amide bonds. The predicted molar refractivity (Wildman–Crippen MR) is 84.5 cm³/mol. The van der Waals surface area contributed by atoms with Crippen LogP contribution in [0, 0.1) is 0 Å². The number of hydrogen-bond acceptors (Lipinski definition) is 3. The van der Waals surface area contributed by atoms with Crippen LogP contribution in [0.3, 0.4) is 0 Å². The zero-order valence-corrected chi connectivity index (χ0v) is 13.3. The lowest BCUT2D eigenvalue weighted by Crippen LogP contribution is -2.39. The van der Waals surface area contributed by atoms with Gasteiger partial charge in [0, 0.05) is 26.1 Å². The Morgan fingerprint density at radius 2 is 1.95 bits per heavy atom. The molecule has 2 N–H and O–H groups in total. The van der Waals surface area contributed by atoms with E-state index in [1.807, 2.05) is 38.2 Å². The fourth-order valence-electron chi connectivity index (χ4n) is 1.82. The summed E-state index contributed by atoms with van der Waals surface area (Å²) < 4.78 is 5.11. The summed E-state index contributed by atoms with van der Waals surface area (Å²) in [6.45, 7) is 2.46. The molecule has 0 spiro atoms. The van der Waals surface area contributed by atoms with Crippen LogP contribution in [0.15, 0.2) is 24.3 Å². The van der Waals surface area contributed by atoms with Crippen LogP contribution in [0.25, 0.3) is 0 Å². The van der Waals surface area contributed by atoms with Crippen molar-refractivity contribution in [3.8, 4) is 5.75 Å². The molecule has 0 heterocycles. The van der Waals surface area contributed by atoms with Crippen molar-refractivity contribution in [2.75, 3.05) is 20.7 Å². The number of ether oxygens (including phenoxy) is 1. The summed E-state index contributed by atoms with van der Waals surface area (Å²) in [6, 6.07) is 8.07. The van der Waals surface area contributed by atoms with E-state index < -0.39 is 0 Å². The highest BCUT2D eigenvalue weighted by atomic mass is 35.5. The van der Waals surface area contributed by atoms with Gasteiger partial charge in [-0.3, -0.25) is 4.79 Å². The van der Waals surface area contributed by atoms with Crippen LogP contribution in [-0.4, -0.2) is 37.6 Å². The van der Waals surface area contributed by atoms with Gasteiger partial charge in [0.15, 0.2) is 0 Å². The van der Waals surface area contributed by atoms with Crippen molar-refractivity contribution in [2.24, 2.45) is 5.73 Å². The molecule has 5 heteroatoms. The van der Waals surface area contributed by atoms with E-state index in [0.717, 1.165) is 18.6 Å².